The Morgan fingerprint density at radius 2 is 2.12 bits per heavy atom. The number of carbonyl (C=O) groups is 2. The largest absolute Gasteiger partial charge is 0.361 e. The average molecular weight is 328 g/mol. The molecule has 2 N–H and O–H groups in total. The molecular weight excluding hydrogens is 308 g/mol. The Balaban J connectivity index is 1.83. The summed E-state index contributed by atoms with van der Waals surface area (Å²) in [5.74, 6) is 0.212. The standard InChI is InChI=1S/C17H20N4O3/c1-4-18-17(23)21-8-7-12-5-6-13(9-14(12)21)19-16(22)15-10(2)20-24-11(15)3/h5-6,9H,4,7-8H2,1-3H3,(H,18,23)(H,19,22). The molecule has 7 heteroatoms. The van der Waals surface area contributed by atoms with Gasteiger partial charge in [0.2, 0.25) is 0 Å². The fourth-order valence-electron chi connectivity index (χ4n) is 2.92. The first kappa shape index (κ1) is 16.0. The molecule has 0 atom stereocenters. The first-order chi connectivity index (χ1) is 11.5. The SMILES string of the molecule is CCNC(=O)N1CCc2ccc(NC(=O)c3c(C)noc3C)cc21. The minimum Gasteiger partial charge on any atom is -0.361 e. The second-order valence-electron chi connectivity index (χ2n) is 5.73. The van der Waals surface area contributed by atoms with Crippen molar-refractivity contribution < 1.29 is 14.1 Å². The van der Waals surface area contributed by atoms with E-state index in [4.69, 9.17) is 4.52 Å². The topological polar surface area (TPSA) is 87.5 Å². The lowest BCUT2D eigenvalue weighted by molar-refractivity contribution is 0.102. The quantitative estimate of drug-likeness (QED) is 0.906. The lowest BCUT2D eigenvalue weighted by Gasteiger charge is -2.18. The summed E-state index contributed by atoms with van der Waals surface area (Å²) in [5.41, 5.74) is 3.55. The molecule has 3 rings (SSSR count). The number of urea groups is 1. The van der Waals surface area contributed by atoms with Crippen LogP contribution in [-0.2, 0) is 6.42 Å². The minimum atomic E-state index is -0.270. The van der Waals surface area contributed by atoms with Crippen LogP contribution in [0.25, 0.3) is 0 Å². The number of benzene rings is 1. The van der Waals surface area contributed by atoms with Crippen molar-refractivity contribution in [2.75, 3.05) is 23.3 Å². The summed E-state index contributed by atoms with van der Waals surface area (Å²) in [6.45, 7) is 6.53. The van der Waals surface area contributed by atoms with Crippen molar-refractivity contribution in [2.45, 2.75) is 27.2 Å². The summed E-state index contributed by atoms with van der Waals surface area (Å²) in [4.78, 5) is 26.3. The molecule has 3 amide bonds. The Labute approximate surface area is 140 Å². The fourth-order valence-corrected chi connectivity index (χ4v) is 2.92. The van der Waals surface area contributed by atoms with Crippen LogP contribution < -0.4 is 15.5 Å². The third kappa shape index (κ3) is 2.84. The predicted octanol–water partition coefficient (Wildman–Crippen LogP) is 2.64. The van der Waals surface area contributed by atoms with Crippen molar-refractivity contribution in [3.05, 3.63) is 40.8 Å². The molecule has 1 aliphatic rings. The van der Waals surface area contributed by atoms with E-state index >= 15 is 0 Å². The van der Waals surface area contributed by atoms with Gasteiger partial charge in [0, 0.05) is 18.8 Å². The molecule has 0 saturated carbocycles. The van der Waals surface area contributed by atoms with E-state index < -0.39 is 0 Å². The highest BCUT2D eigenvalue weighted by Crippen LogP contribution is 2.31. The van der Waals surface area contributed by atoms with Gasteiger partial charge in [-0.25, -0.2) is 4.79 Å². The number of fused-ring (bicyclic) bond motifs is 1. The third-order valence-electron chi connectivity index (χ3n) is 4.07. The molecule has 7 nitrogen and oxygen atoms in total. The fraction of sp³-hybridized carbons (Fsp3) is 0.353. The maximum Gasteiger partial charge on any atom is 0.321 e. The average Bonchev–Trinajstić information content (AvgIpc) is 3.10. The zero-order chi connectivity index (χ0) is 17.3. The number of anilines is 2. The summed E-state index contributed by atoms with van der Waals surface area (Å²) in [6.07, 6.45) is 0.810. The Kier molecular flexibility index (Phi) is 4.24. The van der Waals surface area contributed by atoms with Gasteiger partial charge >= 0.3 is 6.03 Å². The van der Waals surface area contributed by atoms with Gasteiger partial charge in [0.05, 0.1) is 11.4 Å². The lowest BCUT2D eigenvalue weighted by atomic mass is 10.1. The number of hydrogen-bond acceptors (Lipinski definition) is 4. The smallest absolute Gasteiger partial charge is 0.321 e. The predicted molar refractivity (Wildman–Crippen MR) is 90.5 cm³/mol. The van der Waals surface area contributed by atoms with E-state index in [1.54, 1.807) is 18.7 Å². The number of nitrogens with zero attached hydrogens (tertiary/aromatic N) is 2. The minimum absolute atomic E-state index is 0.120. The number of nitrogens with one attached hydrogen (secondary N) is 2. The Morgan fingerprint density at radius 3 is 2.79 bits per heavy atom. The molecule has 2 aromatic rings. The molecule has 2 heterocycles. The maximum atomic E-state index is 12.4. The summed E-state index contributed by atoms with van der Waals surface area (Å²) in [6, 6.07) is 5.49. The molecule has 24 heavy (non-hydrogen) atoms. The van der Waals surface area contributed by atoms with Gasteiger partial charge in [-0.3, -0.25) is 9.69 Å². The summed E-state index contributed by atoms with van der Waals surface area (Å²) < 4.78 is 5.03. The van der Waals surface area contributed by atoms with Crippen LogP contribution in [0.2, 0.25) is 0 Å². The van der Waals surface area contributed by atoms with Gasteiger partial charge in [-0.2, -0.15) is 0 Å². The van der Waals surface area contributed by atoms with Crippen LogP contribution in [0, 0.1) is 13.8 Å². The highest BCUT2D eigenvalue weighted by Gasteiger charge is 2.25. The van der Waals surface area contributed by atoms with E-state index in [-0.39, 0.29) is 11.9 Å². The van der Waals surface area contributed by atoms with Crippen molar-refractivity contribution in [3.8, 4) is 0 Å². The van der Waals surface area contributed by atoms with Crippen molar-refractivity contribution in [2.24, 2.45) is 0 Å². The zero-order valence-electron chi connectivity index (χ0n) is 14.0. The van der Waals surface area contributed by atoms with Gasteiger partial charge < -0.3 is 15.2 Å². The van der Waals surface area contributed by atoms with Crippen molar-refractivity contribution in [3.63, 3.8) is 0 Å². The van der Waals surface area contributed by atoms with Gasteiger partial charge in [-0.1, -0.05) is 11.2 Å². The van der Waals surface area contributed by atoms with Gasteiger partial charge in [0.1, 0.15) is 11.3 Å². The molecule has 1 aromatic heterocycles. The van der Waals surface area contributed by atoms with E-state index in [1.807, 2.05) is 25.1 Å². The van der Waals surface area contributed by atoms with Gasteiger partial charge in [0.15, 0.2) is 0 Å². The lowest BCUT2D eigenvalue weighted by Crippen LogP contribution is -2.38. The molecule has 0 spiro atoms. The van der Waals surface area contributed by atoms with E-state index in [0.29, 0.717) is 35.8 Å². The Morgan fingerprint density at radius 1 is 1.33 bits per heavy atom. The molecule has 0 fully saturated rings. The van der Waals surface area contributed by atoms with Crippen LogP contribution in [0.4, 0.5) is 16.2 Å². The van der Waals surface area contributed by atoms with E-state index in [2.05, 4.69) is 15.8 Å². The Bertz CT molecular complexity index is 778. The van der Waals surface area contributed by atoms with Crippen LogP contribution in [-0.4, -0.2) is 30.2 Å². The second-order valence-corrected chi connectivity index (χ2v) is 5.73. The zero-order valence-corrected chi connectivity index (χ0v) is 14.0. The molecule has 1 aromatic carbocycles. The van der Waals surface area contributed by atoms with Crippen LogP contribution in [0.15, 0.2) is 22.7 Å². The Hall–Kier alpha value is -2.83. The molecule has 0 aliphatic carbocycles. The number of hydrogen-bond donors (Lipinski definition) is 2. The second kappa shape index (κ2) is 6.35. The van der Waals surface area contributed by atoms with Crippen molar-refractivity contribution in [1.29, 1.82) is 0 Å². The molecule has 1 aliphatic heterocycles. The number of rotatable bonds is 3. The monoisotopic (exact) mass is 328 g/mol. The van der Waals surface area contributed by atoms with Crippen molar-refractivity contribution in [1.82, 2.24) is 10.5 Å². The summed E-state index contributed by atoms with van der Waals surface area (Å²) in [5, 5.41) is 9.45. The number of aryl methyl sites for hydroxylation is 2. The van der Waals surface area contributed by atoms with Gasteiger partial charge in [0.25, 0.3) is 5.91 Å². The van der Waals surface area contributed by atoms with Crippen molar-refractivity contribution >= 4 is 23.3 Å². The van der Waals surface area contributed by atoms with Gasteiger partial charge in [-0.15, -0.1) is 0 Å². The first-order valence-corrected chi connectivity index (χ1v) is 7.93. The number of carbonyl (C=O) groups excluding carboxylic acids is 2. The molecular formula is C17H20N4O3. The molecule has 0 saturated heterocycles. The van der Waals surface area contributed by atoms with Crippen LogP contribution in [0.5, 0.6) is 0 Å². The van der Waals surface area contributed by atoms with E-state index in [0.717, 1.165) is 17.7 Å². The van der Waals surface area contributed by atoms with Crippen LogP contribution in [0.1, 0.15) is 34.3 Å². The number of aromatic nitrogens is 1. The van der Waals surface area contributed by atoms with E-state index in [1.165, 1.54) is 0 Å². The molecule has 126 valence electrons. The van der Waals surface area contributed by atoms with Gasteiger partial charge in [-0.05, 0) is 44.9 Å². The highest BCUT2D eigenvalue weighted by molar-refractivity contribution is 6.06. The summed E-state index contributed by atoms with van der Waals surface area (Å²) in [7, 11) is 0. The van der Waals surface area contributed by atoms with Crippen LogP contribution in [0.3, 0.4) is 0 Å². The normalized spacial score (nSPS) is 12.9. The van der Waals surface area contributed by atoms with Crippen LogP contribution >= 0.6 is 0 Å². The third-order valence-corrected chi connectivity index (χ3v) is 4.07. The van der Waals surface area contributed by atoms with E-state index in [9.17, 15) is 9.59 Å². The molecule has 0 unspecified atom stereocenters. The molecule has 0 radical (unpaired) electrons. The first-order valence-electron chi connectivity index (χ1n) is 7.93. The molecule has 0 bridgehead atoms. The number of amides is 3. The maximum absolute atomic E-state index is 12.4. The highest BCUT2D eigenvalue weighted by atomic mass is 16.5. The summed E-state index contributed by atoms with van der Waals surface area (Å²) >= 11 is 0.